The van der Waals surface area contributed by atoms with Crippen molar-refractivity contribution in [3.05, 3.63) is 40.8 Å². The molecule has 2 saturated heterocycles. The number of aliphatic imine (C=N–C) groups is 1. The van der Waals surface area contributed by atoms with E-state index in [1.807, 2.05) is 12.1 Å². The summed E-state index contributed by atoms with van der Waals surface area (Å²) in [6.45, 7) is 11.7. The van der Waals surface area contributed by atoms with Gasteiger partial charge in [0.05, 0.1) is 16.9 Å². The second-order valence-electron chi connectivity index (χ2n) is 10.7. The molecule has 2 fully saturated rings. The van der Waals surface area contributed by atoms with E-state index in [1.54, 1.807) is 11.3 Å². The Kier molecular flexibility index (Phi) is 7.17. The highest BCUT2D eigenvalue weighted by molar-refractivity contribution is 7.16. The lowest BCUT2D eigenvalue weighted by atomic mass is 9.77. The minimum atomic E-state index is -0.160. The Morgan fingerprint density at radius 3 is 2.44 bits per heavy atom. The first kappa shape index (κ1) is 25.0. The van der Waals surface area contributed by atoms with Crippen LogP contribution in [-0.2, 0) is 9.59 Å². The first-order valence-corrected chi connectivity index (χ1v) is 14.0. The number of imide groups is 1. The van der Waals surface area contributed by atoms with E-state index < -0.39 is 0 Å². The zero-order chi connectivity index (χ0) is 25.3. The molecule has 4 heterocycles. The Bertz CT molecular complexity index is 1150. The number of piperidine rings is 1. The molecule has 7 nitrogen and oxygen atoms in total. The smallest absolute Gasteiger partial charge is 0.229 e. The zero-order valence-corrected chi connectivity index (χ0v) is 22.5. The fraction of sp³-hybridized carbons (Fsp3) is 0.536. The molecule has 0 radical (unpaired) electrons. The van der Waals surface area contributed by atoms with Crippen LogP contribution in [0.15, 0.2) is 35.3 Å². The van der Waals surface area contributed by atoms with Gasteiger partial charge >= 0.3 is 0 Å². The summed E-state index contributed by atoms with van der Waals surface area (Å²) in [4.78, 5) is 37.8. The number of nitrogens with one attached hydrogen (secondary N) is 1. The second kappa shape index (κ2) is 10.3. The van der Waals surface area contributed by atoms with Crippen LogP contribution in [0, 0.1) is 12.3 Å². The lowest BCUT2D eigenvalue weighted by Gasteiger charge is -2.37. The third-order valence-electron chi connectivity index (χ3n) is 7.86. The van der Waals surface area contributed by atoms with Crippen molar-refractivity contribution in [3.63, 3.8) is 0 Å². The number of likely N-dealkylation sites (tertiary alicyclic amines) is 1. The molecule has 1 aromatic heterocycles. The van der Waals surface area contributed by atoms with Gasteiger partial charge < -0.3 is 10.2 Å². The molecule has 8 heteroatoms. The number of amides is 2. The number of benzene rings is 1. The number of piperazine rings is 1. The highest BCUT2D eigenvalue weighted by Gasteiger charge is 2.38. The number of aryl methyl sites for hydroxylation is 1. The summed E-state index contributed by atoms with van der Waals surface area (Å²) in [5, 5.41) is 4.76. The first-order chi connectivity index (χ1) is 17.3. The number of nitrogens with zero attached hydrogens (tertiary/aromatic N) is 4. The maximum Gasteiger partial charge on any atom is 0.229 e. The lowest BCUT2D eigenvalue weighted by Crippen LogP contribution is -2.49. The van der Waals surface area contributed by atoms with Crippen molar-refractivity contribution in [2.24, 2.45) is 10.4 Å². The van der Waals surface area contributed by atoms with Crippen LogP contribution in [-0.4, -0.2) is 71.6 Å². The van der Waals surface area contributed by atoms with Crippen molar-refractivity contribution >= 4 is 45.4 Å². The van der Waals surface area contributed by atoms with Gasteiger partial charge in [0.25, 0.3) is 0 Å². The Hall–Kier alpha value is -2.71. The molecule has 3 aliphatic heterocycles. The Balaban J connectivity index is 1.14. The maximum atomic E-state index is 12.5. The third-order valence-corrected chi connectivity index (χ3v) is 8.83. The highest BCUT2D eigenvalue weighted by atomic mass is 32.1. The number of thiophene rings is 1. The topological polar surface area (TPSA) is 68.2 Å². The average Bonchev–Trinajstić information content (AvgIpc) is 3.15. The molecule has 2 amide bonds. The molecule has 0 bridgehead atoms. The summed E-state index contributed by atoms with van der Waals surface area (Å²) >= 11 is 1.78. The van der Waals surface area contributed by atoms with Crippen LogP contribution in [0.5, 0.6) is 0 Å². The second-order valence-corrected chi connectivity index (χ2v) is 11.9. The lowest BCUT2D eigenvalue weighted by molar-refractivity contribution is -0.153. The summed E-state index contributed by atoms with van der Waals surface area (Å²) in [5.74, 6) is 1.08. The number of rotatable bonds is 6. The minimum Gasteiger partial charge on any atom is -0.353 e. The van der Waals surface area contributed by atoms with Gasteiger partial charge in [-0.1, -0.05) is 26.0 Å². The predicted octanol–water partition coefficient (Wildman–Crippen LogP) is 5.15. The Morgan fingerprint density at radius 1 is 1.03 bits per heavy atom. The van der Waals surface area contributed by atoms with Crippen LogP contribution in [0.2, 0.25) is 0 Å². The third kappa shape index (κ3) is 5.20. The SMILES string of the molecule is CCC1(C)CC(=O)N(CCCCN2CCN(C3=Nc4ccccc4Nc4sc(C)cc43)CC2)C(=O)C1. The largest absolute Gasteiger partial charge is 0.353 e. The van der Waals surface area contributed by atoms with E-state index in [0.717, 1.165) is 69.2 Å². The van der Waals surface area contributed by atoms with Crippen LogP contribution in [0.1, 0.15) is 56.4 Å². The van der Waals surface area contributed by atoms with Crippen LogP contribution in [0.4, 0.5) is 16.4 Å². The fourth-order valence-corrected chi connectivity index (χ4v) is 6.32. The van der Waals surface area contributed by atoms with Gasteiger partial charge in [-0.15, -0.1) is 11.3 Å². The number of fused-ring (bicyclic) bond motifs is 2. The van der Waals surface area contributed by atoms with E-state index in [-0.39, 0.29) is 17.2 Å². The number of hydrogen-bond acceptors (Lipinski definition) is 7. The highest BCUT2D eigenvalue weighted by Crippen LogP contribution is 2.39. The summed E-state index contributed by atoms with van der Waals surface area (Å²) in [5.41, 5.74) is 3.07. The van der Waals surface area contributed by atoms with Crippen molar-refractivity contribution in [2.75, 3.05) is 44.6 Å². The average molecular weight is 508 g/mol. The van der Waals surface area contributed by atoms with Crippen molar-refractivity contribution < 1.29 is 9.59 Å². The van der Waals surface area contributed by atoms with E-state index >= 15 is 0 Å². The van der Waals surface area contributed by atoms with E-state index in [4.69, 9.17) is 4.99 Å². The number of carbonyl (C=O) groups excluding carboxylic acids is 2. The van der Waals surface area contributed by atoms with Crippen LogP contribution < -0.4 is 5.32 Å². The number of carbonyl (C=O) groups is 2. The molecule has 0 aliphatic carbocycles. The molecule has 0 saturated carbocycles. The summed E-state index contributed by atoms with van der Waals surface area (Å²) in [6, 6.07) is 10.5. The van der Waals surface area contributed by atoms with Gasteiger partial charge in [0.2, 0.25) is 11.8 Å². The monoisotopic (exact) mass is 507 g/mol. The molecule has 1 aromatic carbocycles. The van der Waals surface area contributed by atoms with Crippen LogP contribution in [0.3, 0.4) is 0 Å². The van der Waals surface area contributed by atoms with Gasteiger partial charge in [-0.3, -0.25) is 19.4 Å². The number of anilines is 2. The molecule has 2 aromatic rings. The minimum absolute atomic E-state index is 0.00693. The summed E-state index contributed by atoms with van der Waals surface area (Å²) < 4.78 is 0. The van der Waals surface area contributed by atoms with Gasteiger partial charge in [-0.25, -0.2) is 4.99 Å². The molecule has 192 valence electrons. The summed E-state index contributed by atoms with van der Waals surface area (Å²) in [7, 11) is 0. The molecule has 36 heavy (non-hydrogen) atoms. The number of hydrogen-bond donors (Lipinski definition) is 1. The number of para-hydroxylation sites is 2. The molecular formula is C28H37N5O2S. The van der Waals surface area contributed by atoms with E-state index in [1.165, 1.54) is 20.3 Å². The van der Waals surface area contributed by atoms with Gasteiger partial charge in [0.1, 0.15) is 10.8 Å². The normalized spacial score (nSPS) is 19.9. The van der Waals surface area contributed by atoms with Gasteiger partial charge in [-0.2, -0.15) is 0 Å². The first-order valence-electron chi connectivity index (χ1n) is 13.2. The van der Waals surface area contributed by atoms with Crippen molar-refractivity contribution in [3.8, 4) is 0 Å². The summed E-state index contributed by atoms with van der Waals surface area (Å²) in [6.07, 6.45) is 3.72. The fourth-order valence-electron chi connectivity index (χ4n) is 5.40. The molecule has 0 unspecified atom stereocenters. The zero-order valence-electron chi connectivity index (χ0n) is 21.7. The van der Waals surface area contributed by atoms with Crippen molar-refractivity contribution in [1.29, 1.82) is 0 Å². The van der Waals surface area contributed by atoms with Crippen molar-refractivity contribution in [2.45, 2.75) is 52.9 Å². The van der Waals surface area contributed by atoms with Crippen LogP contribution in [0.25, 0.3) is 0 Å². The number of amidine groups is 1. The molecule has 5 rings (SSSR count). The van der Waals surface area contributed by atoms with Crippen LogP contribution >= 0.6 is 11.3 Å². The molecule has 3 aliphatic rings. The Morgan fingerprint density at radius 2 is 1.72 bits per heavy atom. The van der Waals surface area contributed by atoms with Crippen molar-refractivity contribution in [1.82, 2.24) is 14.7 Å². The Labute approximate surface area is 218 Å². The molecule has 1 N–H and O–H groups in total. The standard InChI is InChI=1S/C28H37N5O2S/c1-4-28(3)18-24(34)33(25(35)19-28)12-8-7-11-31-13-15-32(16-14-31)26-21-17-20(2)36-27(21)30-23-10-6-5-9-22(23)29-26/h5-6,9-10,17,30H,4,7-8,11-16,18-19H2,1-3H3. The number of unbranched alkanes of at least 4 members (excludes halogenated alkanes) is 1. The van der Waals surface area contributed by atoms with Gasteiger partial charge in [0, 0.05) is 50.4 Å². The van der Waals surface area contributed by atoms with E-state index in [2.05, 4.69) is 54.1 Å². The van der Waals surface area contributed by atoms with E-state index in [9.17, 15) is 9.59 Å². The molecule has 0 atom stereocenters. The quantitative estimate of drug-likeness (QED) is 0.432. The molecule has 0 spiro atoms. The predicted molar refractivity (Wildman–Crippen MR) is 147 cm³/mol. The van der Waals surface area contributed by atoms with Gasteiger partial charge in [0.15, 0.2) is 0 Å². The van der Waals surface area contributed by atoms with Gasteiger partial charge in [-0.05, 0) is 56.3 Å². The molecular weight excluding hydrogens is 470 g/mol. The maximum absolute atomic E-state index is 12.5. The van der Waals surface area contributed by atoms with E-state index in [0.29, 0.717) is 19.4 Å².